The van der Waals surface area contributed by atoms with Crippen molar-refractivity contribution in [1.29, 1.82) is 0 Å². The van der Waals surface area contributed by atoms with E-state index in [-0.39, 0.29) is 0 Å². The van der Waals surface area contributed by atoms with Gasteiger partial charge in [-0.05, 0) is 19.3 Å². The van der Waals surface area contributed by atoms with Crippen LogP contribution in [0.25, 0.3) is 0 Å². The Morgan fingerprint density at radius 1 is 1.17 bits per heavy atom. The summed E-state index contributed by atoms with van der Waals surface area (Å²) in [7, 11) is 0. The summed E-state index contributed by atoms with van der Waals surface area (Å²) in [6.45, 7) is 0. The topological polar surface area (TPSA) is 12.5 Å². The molecule has 34 valence electrons. The van der Waals surface area contributed by atoms with Crippen molar-refractivity contribution in [3.05, 3.63) is 0 Å². The molecular weight excluding hydrogens is 76.1 g/mol. The number of hydrogen-bond acceptors (Lipinski definition) is 1. The van der Waals surface area contributed by atoms with Crippen LogP contribution in [-0.2, 0) is 4.74 Å². The van der Waals surface area contributed by atoms with Crippen LogP contribution >= 0.6 is 0 Å². The van der Waals surface area contributed by atoms with Gasteiger partial charge in [0.25, 0.3) is 0 Å². The van der Waals surface area contributed by atoms with Crippen LogP contribution in [0.3, 0.4) is 0 Å². The first-order chi connectivity index (χ1) is 2.97. The maximum absolute atomic E-state index is 5.15. The van der Waals surface area contributed by atoms with E-state index in [9.17, 15) is 0 Å². The molecule has 1 heteroatoms. The quantitative estimate of drug-likeness (QED) is 0.398. The van der Waals surface area contributed by atoms with Crippen molar-refractivity contribution in [2.24, 2.45) is 0 Å². The van der Waals surface area contributed by atoms with E-state index in [0.717, 1.165) is 0 Å². The molecule has 2 atom stereocenters. The van der Waals surface area contributed by atoms with Crippen molar-refractivity contribution < 1.29 is 4.74 Å². The smallest absolute Gasteiger partial charge is 0.0841 e. The maximum atomic E-state index is 5.15. The highest BCUT2D eigenvalue weighted by Crippen LogP contribution is 2.37. The molecule has 0 radical (unpaired) electrons. The van der Waals surface area contributed by atoms with Crippen LogP contribution in [0.1, 0.15) is 19.3 Å². The molecule has 6 heavy (non-hydrogen) atoms. The van der Waals surface area contributed by atoms with Gasteiger partial charge in [-0.1, -0.05) is 0 Å². The molecule has 0 aromatic carbocycles. The number of epoxide rings is 1. The summed E-state index contributed by atoms with van der Waals surface area (Å²) in [6.07, 6.45) is 5.51. The lowest BCUT2D eigenvalue weighted by Crippen LogP contribution is -1.74. The Morgan fingerprint density at radius 2 is 1.83 bits per heavy atom. The lowest BCUT2D eigenvalue weighted by Gasteiger charge is -1.81. The number of ether oxygens (including phenoxy) is 1. The fourth-order valence-electron chi connectivity index (χ4n) is 1.21. The number of hydrogen-bond donors (Lipinski definition) is 0. The minimum atomic E-state index is 0.713. The van der Waals surface area contributed by atoms with Gasteiger partial charge in [0.2, 0.25) is 0 Å². The van der Waals surface area contributed by atoms with Crippen LogP contribution in [0.5, 0.6) is 0 Å². The Labute approximate surface area is 37.3 Å². The first-order valence-electron chi connectivity index (χ1n) is 2.62. The van der Waals surface area contributed by atoms with E-state index in [1.54, 1.807) is 0 Å². The SMILES string of the molecule is C1C[C@@H]2O[C@@H]2C1. The Bertz CT molecular complexity index is 62.3. The van der Waals surface area contributed by atoms with Crippen LogP contribution < -0.4 is 0 Å². The summed E-state index contributed by atoms with van der Waals surface area (Å²) < 4.78 is 5.15. The third-order valence-electron chi connectivity index (χ3n) is 1.66. The van der Waals surface area contributed by atoms with E-state index in [1.807, 2.05) is 0 Å². The van der Waals surface area contributed by atoms with Gasteiger partial charge in [0.05, 0.1) is 12.2 Å². The fraction of sp³-hybridized carbons (Fsp3) is 1.00. The van der Waals surface area contributed by atoms with Crippen molar-refractivity contribution in [3.63, 3.8) is 0 Å². The molecule has 2 aliphatic rings. The van der Waals surface area contributed by atoms with E-state index in [4.69, 9.17) is 4.74 Å². The summed E-state index contributed by atoms with van der Waals surface area (Å²) in [5.41, 5.74) is 0. The minimum absolute atomic E-state index is 0.713. The van der Waals surface area contributed by atoms with Crippen molar-refractivity contribution in [2.45, 2.75) is 31.5 Å². The average Bonchev–Trinajstić information content (AvgIpc) is 2.17. The van der Waals surface area contributed by atoms with Crippen molar-refractivity contribution in [2.75, 3.05) is 0 Å². The van der Waals surface area contributed by atoms with Crippen LogP contribution in [-0.4, -0.2) is 12.2 Å². The fourth-order valence-corrected chi connectivity index (χ4v) is 1.21. The van der Waals surface area contributed by atoms with Gasteiger partial charge in [-0.3, -0.25) is 0 Å². The van der Waals surface area contributed by atoms with E-state index < -0.39 is 0 Å². The largest absolute Gasteiger partial charge is 0.370 e. The number of rotatable bonds is 0. The van der Waals surface area contributed by atoms with Gasteiger partial charge in [-0.15, -0.1) is 0 Å². The van der Waals surface area contributed by atoms with Crippen molar-refractivity contribution in [1.82, 2.24) is 0 Å². The summed E-state index contributed by atoms with van der Waals surface area (Å²) in [5.74, 6) is 0. The van der Waals surface area contributed by atoms with Crippen LogP contribution in [0.4, 0.5) is 0 Å². The van der Waals surface area contributed by atoms with Crippen LogP contribution in [0, 0.1) is 0 Å². The third kappa shape index (κ3) is 0.243. The van der Waals surface area contributed by atoms with Gasteiger partial charge in [-0.25, -0.2) is 0 Å². The molecule has 2 rings (SSSR count). The molecule has 0 bridgehead atoms. The van der Waals surface area contributed by atoms with Gasteiger partial charge in [-0.2, -0.15) is 0 Å². The molecule has 1 aliphatic heterocycles. The molecule has 1 saturated carbocycles. The average molecular weight is 84.1 g/mol. The van der Waals surface area contributed by atoms with E-state index >= 15 is 0 Å². The van der Waals surface area contributed by atoms with Gasteiger partial charge in [0.15, 0.2) is 0 Å². The van der Waals surface area contributed by atoms with Gasteiger partial charge >= 0.3 is 0 Å². The van der Waals surface area contributed by atoms with Gasteiger partial charge in [0, 0.05) is 0 Å². The summed E-state index contributed by atoms with van der Waals surface area (Å²) in [5, 5.41) is 0. The van der Waals surface area contributed by atoms with Crippen molar-refractivity contribution >= 4 is 0 Å². The van der Waals surface area contributed by atoms with E-state index in [1.165, 1.54) is 19.3 Å². The first-order valence-corrected chi connectivity index (χ1v) is 2.62. The molecule has 0 N–H and O–H groups in total. The normalized spacial score (nSPS) is 52.0. The predicted molar refractivity (Wildman–Crippen MR) is 22.5 cm³/mol. The van der Waals surface area contributed by atoms with E-state index in [2.05, 4.69) is 0 Å². The van der Waals surface area contributed by atoms with Crippen molar-refractivity contribution in [3.8, 4) is 0 Å². The Morgan fingerprint density at radius 3 is 2.00 bits per heavy atom. The predicted octanol–water partition coefficient (Wildman–Crippen LogP) is 0.938. The summed E-state index contributed by atoms with van der Waals surface area (Å²) in [6, 6.07) is 0. The lowest BCUT2D eigenvalue weighted by atomic mass is 10.4. The van der Waals surface area contributed by atoms with Gasteiger partial charge < -0.3 is 4.74 Å². The molecular formula is C5H8O. The molecule has 1 aliphatic carbocycles. The molecule has 0 spiro atoms. The maximum Gasteiger partial charge on any atom is 0.0841 e. The zero-order chi connectivity index (χ0) is 3.98. The second-order valence-electron chi connectivity index (χ2n) is 2.14. The molecule has 0 aromatic rings. The first kappa shape index (κ1) is 3.03. The zero-order valence-electron chi connectivity index (χ0n) is 3.68. The summed E-state index contributed by atoms with van der Waals surface area (Å²) in [4.78, 5) is 0. The molecule has 1 heterocycles. The standard InChI is InChI=1S/C5H8O/c1-2-4-5(3-1)6-4/h4-5H,1-3H2/t4-,5+. The Hall–Kier alpha value is -0.0400. The molecule has 2 fully saturated rings. The van der Waals surface area contributed by atoms with Crippen LogP contribution in [0.15, 0.2) is 0 Å². The highest BCUT2D eigenvalue weighted by Gasteiger charge is 2.42. The molecule has 0 aromatic heterocycles. The Kier molecular flexibility index (Phi) is 0.396. The second kappa shape index (κ2) is 0.784. The van der Waals surface area contributed by atoms with Gasteiger partial charge in [0.1, 0.15) is 0 Å². The number of fused-ring (bicyclic) bond motifs is 1. The second-order valence-corrected chi connectivity index (χ2v) is 2.14. The highest BCUT2D eigenvalue weighted by atomic mass is 16.6. The lowest BCUT2D eigenvalue weighted by molar-refractivity contribution is 0.322. The third-order valence-corrected chi connectivity index (χ3v) is 1.66. The molecule has 1 saturated heterocycles. The highest BCUT2D eigenvalue weighted by molar-refractivity contribution is 4.90. The molecule has 1 nitrogen and oxygen atoms in total. The zero-order valence-corrected chi connectivity index (χ0v) is 3.68. The molecule has 0 unspecified atom stereocenters. The van der Waals surface area contributed by atoms with E-state index in [0.29, 0.717) is 12.2 Å². The minimum Gasteiger partial charge on any atom is -0.370 e. The molecule has 0 amide bonds. The summed E-state index contributed by atoms with van der Waals surface area (Å²) >= 11 is 0. The Balaban J connectivity index is 2.09. The monoisotopic (exact) mass is 84.1 g/mol. The van der Waals surface area contributed by atoms with Crippen LogP contribution in [0.2, 0.25) is 0 Å².